The van der Waals surface area contributed by atoms with Gasteiger partial charge in [0.25, 0.3) is 0 Å². The summed E-state index contributed by atoms with van der Waals surface area (Å²) in [6, 6.07) is 0.0248. The van der Waals surface area contributed by atoms with Crippen LogP contribution in [0, 0.1) is 11.8 Å². The maximum Gasteiger partial charge on any atom is 0.312 e. The molecule has 2 saturated heterocycles. The Morgan fingerprint density at radius 3 is 1.94 bits per heavy atom. The van der Waals surface area contributed by atoms with Crippen LogP contribution in [0.3, 0.4) is 0 Å². The Balaban J connectivity index is 1.20. The first-order chi connectivity index (χ1) is 16.5. The number of rotatable bonds is 9. The first-order valence-electron chi connectivity index (χ1n) is 13.7. The van der Waals surface area contributed by atoms with E-state index in [2.05, 4.69) is 5.32 Å². The lowest BCUT2D eigenvalue weighted by molar-refractivity contribution is -0.156. The smallest absolute Gasteiger partial charge is 0.312 e. The van der Waals surface area contributed by atoms with Gasteiger partial charge in [-0.2, -0.15) is 0 Å². The lowest BCUT2D eigenvalue weighted by atomic mass is 9.88. The highest BCUT2D eigenvalue weighted by molar-refractivity contribution is 6.36. The summed E-state index contributed by atoms with van der Waals surface area (Å²) in [5, 5.41) is 2.75. The van der Waals surface area contributed by atoms with E-state index < -0.39 is 11.8 Å². The number of piperazine rings is 2. The molecule has 2 aliphatic heterocycles. The van der Waals surface area contributed by atoms with Gasteiger partial charge in [-0.25, -0.2) is 0 Å². The Labute approximate surface area is 203 Å². The molecule has 0 spiro atoms. The van der Waals surface area contributed by atoms with Crippen molar-refractivity contribution < 1.29 is 19.2 Å². The molecule has 4 fully saturated rings. The first kappa shape index (κ1) is 25.0. The van der Waals surface area contributed by atoms with Gasteiger partial charge in [-0.15, -0.1) is 0 Å². The predicted molar refractivity (Wildman–Crippen MR) is 129 cm³/mol. The fourth-order valence-corrected chi connectivity index (χ4v) is 6.30. The Morgan fingerprint density at radius 1 is 0.676 bits per heavy atom. The van der Waals surface area contributed by atoms with E-state index in [4.69, 9.17) is 0 Å². The number of carbonyl (C=O) groups is 4. The van der Waals surface area contributed by atoms with Gasteiger partial charge < -0.3 is 20.0 Å². The number of amides is 4. The van der Waals surface area contributed by atoms with Gasteiger partial charge in [0.2, 0.25) is 0 Å². The minimum Gasteiger partial charge on any atom is -0.346 e. The first-order valence-corrected chi connectivity index (χ1v) is 13.7. The SMILES string of the molecule is O=C1NC[C@@H](CCCCN2CCN(CC3CCCCC3)C(=O)C2=O)N(CC2CCCCC2)C1=O. The van der Waals surface area contributed by atoms with Crippen LogP contribution in [-0.2, 0) is 19.2 Å². The standard InChI is InChI=1S/C26H42N4O4/c31-23-24(32)30(19-21-11-5-2-6-12-21)22(17-27-23)13-7-8-14-28-15-16-29(26(34)25(28)33)18-20-9-3-1-4-10-20/h20-22H,1-19H2,(H,27,31)/t22-/m1/s1. The van der Waals surface area contributed by atoms with Gasteiger partial charge in [0.15, 0.2) is 0 Å². The lowest BCUT2D eigenvalue weighted by Gasteiger charge is -2.38. The van der Waals surface area contributed by atoms with E-state index in [1.54, 1.807) is 9.80 Å². The minimum atomic E-state index is -0.484. The molecular weight excluding hydrogens is 432 g/mol. The third-order valence-electron chi connectivity index (χ3n) is 8.39. The van der Waals surface area contributed by atoms with Crippen molar-refractivity contribution in [3.8, 4) is 0 Å². The van der Waals surface area contributed by atoms with Crippen LogP contribution in [-0.4, -0.2) is 83.6 Å². The molecule has 2 aliphatic carbocycles. The van der Waals surface area contributed by atoms with Gasteiger partial charge in [0, 0.05) is 45.3 Å². The summed E-state index contributed by atoms with van der Waals surface area (Å²) < 4.78 is 0. The van der Waals surface area contributed by atoms with Crippen LogP contribution in [0.25, 0.3) is 0 Å². The van der Waals surface area contributed by atoms with Crippen LogP contribution >= 0.6 is 0 Å². The van der Waals surface area contributed by atoms with Gasteiger partial charge >= 0.3 is 23.6 Å². The van der Waals surface area contributed by atoms with Crippen LogP contribution < -0.4 is 5.32 Å². The molecule has 4 aliphatic rings. The summed E-state index contributed by atoms with van der Waals surface area (Å²) in [5.74, 6) is -0.525. The quantitative estimate of drug-likeness (QED) is 0.410. The predicted octanol–water partition coefficient (Wildman–Crippen LogP) is 2.32. The molecule has 2 heterocycles. The maximum absolute atomic E-state index is 12.7. The molecular formula is C26H42N4O4. The zero-order valence-electron chi connectivity index (χ0n) is 20.6. The average molecular weight is 475 g/mol. The van der Waals surface area contributed by atoms with Crippen LogP contribution in [0.5, 0.6) is 0 Å². The number of unbranched alkanes of at least 4 members (excludes halogenated alkanes) is 1. The number of carbonyl (C=O) groups excluding carboxylic acids is 4. The molecule has 0 radical (unpaired) electrons. The highest BCUT2D eigenvalue weighted by Crippen LogP contribution is 2.27. The molecule has 4 rings (SSSR count). The number of nitrogens with zero attached hydrogens (tertiary/aromatic N) is 3. The molecule has 190 valence electrons. The van der Waals surface area contributed by atoms with Gasteiger partial charge in [-0.3, -0.25) is 19.2 Å². The highest BCUT2D eigenvalue weighted by Gasteiger charge is 2.36. The molecule has 1 N–H and O–H groups in total. The largest absolute Gasteiger partial charge is 0.346 e. The van der Waals surface area contributed by atoms with Crippen LogP contribution in [0.4, 0.5) is 0 Å². The van der Waals surface area contributed by atoms with Crippen molar-refractivity contribution >= 4 is 23.6 Å². The van der Waals surface area contributed by atoms with Gasteiger partial charge in [-0.1, -0.05) is 38.5 Å². The van der Waals surface area contributed by atoms with E-state index in [0.717, 1.165) is 38.6 Å². The summed E-state index contributed by atoms with van der Waals surface area (Å²) in [6.07, 6.45) is 14.5. The van der Waals surface area contributed by atoms with E-state index >= 15 is 0 Å². The Bertz CT molecular complexity index is 745. The van der Waals surface area contributed by atoms with Gasteiger partial charge in [0.1, 0.15) is 0 Å². The van der Waals surface area contributed by atoms with Crippen molar-refractivity contribution in [2.75, 3.05) is 39.3 Å². The summed E-state index contributed by atoms with van der Waals surface area (Å²) >= 11 is 0. The van der Waals surface area contributed by atoms with Crippen LogP contribution in [0.2, 0.25) is 0 Å². The molecule has 1 atom stereocenters. The maximum atomic E-state index is 12.7. The Kier molecular flexibility index (Phi) is 8.84. The number of nitrogens with one attached hydrogen (secondary N) is 1. The second kappa shape index (κ2) is 12.0. The van der Waals surface area contributed by atoms with E-state index in [0.29, 0.717) is 44.6 Å². The molecule has 0 bridgehead atoms. The summed E-state index contributed by atoms with van der Waals surface area (Å²) in [4.78, 5) is 55.1. The van der Waals surface area contributed by atoms with Crippen molar-refractivity contribution in [2.45, 2.75) is 89.5 Å². The van der Waals surface area contributed by atoms with Crippen molar-refractivity contribution in [1.82, 2.24) is 20.0 Å². The zero-order valence-corrected chi connectivity index (χ0v) is 20.6. The lowest BCUT2D eigenvalue weighted by Crippen LogP contribution is -2.59. The Hall–Kier alpha value is -2.12. The summed E-state index contributed by atoms with van der Waals surface area (Å²) in [5.41, 5.74) is 0. The Morgan fingerprint density at radius 2 is 1.26 bits per heavy atom. The topological polar surface area (TPSA) is 90.0 Å². The fourth-order valence-electron chi connectivity index (χ4n) is 6.30. The molecule has 4 amide bonds. The third-order valence-corrected chi connectivity index (χ3v) is 8.39. The molecule has 34 heavy (non-hydrogen) atoms. The molecule has 0 aromatic heterocycles. The molecule has 0 aromatic carbocycles. The van der Waals surface area contributed by atoms with E-state index in [1.807, 2.05) is 4.90 Å². The summed E-state index contributed by atoms with van der Waals surface area (Å²) in [7, 11) is 0. The number of hydrogen-bond donors (Lipinski definition) is 1. The molecule has 8 heteroatoms. The normalized spacial score (nSPS) is 25.8. The van der Waals surface area contributed by atoms with Gasteiger partial charge in [-0.05, 0) is 56.8 Å². The van der Waals surface area contributed by atoms with Gasteiger partial charge in [0.05, 0.1) is 0 Å². The second-order valence-corrected chi connectivity index (χ2v) is 10.9. The number of hydrogen-bond acceptors (Lipinski definition) is 4. The fraction of sp³-hybridized carbons (Fsp3) is 0.846. The third kappa shape index (κ3) is 6.30. The minimum absolute atomic E-state index is 0.0248. The monoisotopic (exact) mass is 474 g/mol. The van der Waals surface area contributed by atoms with Crippen LogP contribution in [0.15, 0.2) is 0 Å². The van der Waals surface area contributed by atoms with Crippen molar-refractivity contribution in [1.29, 1.82) is 0 Å². The molecule has 8 nitrogen and oxygen atoms in total. The van der Waals surface area contributed by atoms with E-state index in [-0.39, 0.29) is 17.9 Å². The van der Waals surface area contributed by atoms with E-state index in [9.17, 15) is 19.2 Å². The molecule has 0 aromatic rings. The van der Waals surface area contributed by atoms with Crippen molar-refractivity contribution in [3.05, 3.63) is 0 Å². The molecule has 0 unspecified atom stereocenters. The highest BCUT2D eigenvalue weighted by atomic mass is 16.2. The molecule has 2 saturated carbocycles. The van der Waals surface area contributed by atoms with Crippen molar-refractivity contribution in [2.24, 2.45) is 11.8 Å². The van der Waals surface area contributed by atoms with Crippen molar-refractivity contribution in [3.63, 3.8) is 0 Å². The second-order valence-electron chi connectivity index (χ2n) is 10.9. The zero-order chi connectivity index (χ0) is 23.9. The summed E-state index contributed by atoms with van der Waals surface area (Å²) in [6.45, 7) is 3.76. The van der Waals surface area contributed by atoms with Crippen LogP contribution in [0.1, 0.15) is 83.5 Å². The average Bonchev–Trinajstić information content (AvgIpc) is 2.86. The van der Waals surface area contributed by atoms with E-state index in [1.165, 1.54) is 51.4 Å².